The van der Waals surface area contributed by atoms with Gasteiger partial charge in [-0.3, -0.25) is 0 Å². The minimum absolute atomic E-state index is 0.275. The molecule has 0 unspecified atom stereocenters. The summed E-state index contributed by atoms with van der Waals surface area (Å²) in [6.45, 7) is 1.90. The lowest BCUT2D eigenvalue weighted by atomic mass is 9.84. The van der Waals surface area contributed by atoms with Gasteiger partial charge in [-0.1, -0.05) is 48.5 Å². The van der Waals surface area contributed by atoms with E-state index < -0.39 is 0 Å². The van der Waals surface area contributed by atoms with Crippen LogP contribution >= 0.6 is 0 Å². The summed E-state index contributed by atoms with van der Waals surface area (Å²) in [5.41, 5.74) is 11.0. The Morgan fingerprint density at radius 1 is 0.565 bits per heavy atom. The molecule has 0 N–H and O–H groups in total. The maximum atomic E-state index is 11.0. The minimum Gasteiger partial charge on any atom is -0.451 e. The maximum Gasteiger partial charge on any atom is 0.191 e. The Morgan fingerprint density at radius 2 is 1.02 bits per heavy atom. The van der Waals surface area contributed by atoms with Crippen molar-refractivity contribution in [3.05, 3.63) is 124 Å². The fourth-order valence-electron chi connectivity index (χ4n) is 7.64. The average Bonchev–Trinajstić information content (AvgIpc) is 3.10. The van der Waals surface area contributed by atoms with Gasteiger partial charge in [-0.15, -0.1) is 0 Å². The van der Waals surface area contributed by atoms with Crippen molar-refractivity contribution >= 4 is 50.2 Å². The first kappa shape index (κ1) is 28.0. The monoisotopic (exact) mass is 599 g/mol. The number of fused-ring (bicyclic) bond motifs is 8. The summed E-state index contributed by atoms with van der Waals surface area (Å²) in [4.78, 5) is 2.04. The van der Waals surface area contributed by atoms with Crippen molar-refractivity contribution in [1.82, 2.24) is 0 Å². The molecule has 0 saturated heterocycles. The van der Waals surface area contributed by atoms with Gasteiger partial charge in [0.15, 0.2) is 11.2 Å². The van der Waals surface area contributed by atoms with Crippen LogP contribution in [0.4, 0.5) is 17.1 Å². The van der Waals surface area contributed by atoms with Crippen LogP contribution in [0.2, 0.25) is 0 Å². The summed E-state index contributed by atoms with van der Waals surface area (Å²) in [6, 6.07) is 33.3. The van der Waals surface area contributed by atoms with E-state index in [0.29, 0.717) is 33.5 Å². The second-order valence-electron chi connectivity index (χ2n) is 12.4. The highest BCUT2D eigenvalue weighted by Crippen LogP contribution is 2.45. The van der Waals surface area contributed by atoms with E-state index >= 15 is 0 Å². The number of nitrogens with zero attached hydrogens (tertiary/aromatic N) is 3. The Kier molecular flexibility index (Phi) is 6.96. The zero-order valence-corrected chi connectivity index (χ0v) is 25.9. The molecule has 224 valence electrons. The molecule has 5 nitrogen and oxygen atoms in total. The lowest BCUT2D eigenvalue weighted by molar-refractivity contribution is 0.613. The third-order valence-corrected chi connectivity index (χ3v) is 9.77. The lowest BCUT2D eigenvalue weighted by Crippen LogP contribution is -2.14. The molecule has 6 aromatic rings. The molecule has 0 atom stereocenters. The number of benzene rings is 5. The molecule has 2 aliphatic rings. The lowest BCUT2D eigenvalue weighted by Gasteiger charge is -2.28. The molecule has 5 aromatic carbocycles. The summed E-state index contributed by atoms with van der Waals surface area (Å²) in [5, 5.41) is 23.9. The van der Waals surface area contributed by atoms with Crippen molar-refractivity contribution in [3.8, 4) is 12.1 Å². The number of nitriles is 2. The van der Waals surface area contributed by atoms with Crippen molar-refractivity contribution in [3.63, 3.8) is 0 Å². The first-order chi connectivity index (χ1) is 22.7. The van der Waals surface area contributed by atoms with E-state index in [2.05, 4.69) is 36.4 Å². The molecular formula is C41H33N3O2. The summed E-state index contributed by atoms with van der Waals surface area (Å²) in [5.74, 6) is 0. The third-order valence-electron chi connectivity index (χ3n) is 9.77. The minimum atomic E-state index is 0.275. The van der Waals surface area contributed by atoms with E-state index in [-0.39, 0.29) is 5.58 Å². The topological polar surface area (TPSA) is 77.1 Å². The Hall–Kier alpha value is -5.52. The second-order valence-corrected chi connectivity index (χ2v) is 12.4. The van der Waals surface area contributed by atoms with Gasteiger partial charge in [0.1, 0.15) is 34.4 Å². The van der Waals surface area contributed by atoms with Crippen LogP contribution in [0.5, 0.6) is 0 Å². The number of hydrogen-bond acceptors (Lipinski definition) is 5. The molecule has 0 amide bonds. The number of para-hydroxylation sites is 2. The van der Waals surface area contributed by atoms with Gasteiger partial charge in [-0.2, -0.15) is 10.5 Å². The normalized spacial score (nSPS) is 13.9. The molecule has 0 aliphatic heterocycles. The molecule has 5 heteroatoms. The van der Waals surface area contributed by atoms with Gasteiger partial charge in [-0.25, -0.2) is 0 Å². The van der Waals surface area contributed by atoms with Crippen LogP contribution in [0.3, 0.4) is 0 Å². The van der Waals surface area contributed by atoms with Gasteiger partial charge in [0.25, 0.3) is 0 Å². The fraction of sp³-hybridized carbons (Fsp3) is 0.220. The van der Waals surface area contributed by atoms with E-state index in [0.717, 1.165) is 66.3 Å². The first-order valence-electron chi connectivity index (χ1n) is 16.2. The van der Waals surface area contributed by atoms with Crippen LogP contribution in [0.25, 0.3) is 33.1 Å². The molecule has 0 bridgehead atoms. The molecule has 1 aromatic heterocycles. The Bertz CT molecular complexity index is 2260. The van der Waals surface area contributed by atoms with Crippen LogP contribution in [0, 0.1) is 29.6 Å². The summed E-state index contributed by atoms with van der Waals surface area (Å²) in [7, 11) is 0. The quantitative estimate of drug-likeness (QED) is 0.202. The van der Waals surface area contributed by atoms with Gasteiger partial charge < -0.3 is 13.7 Å². The molecule has 0 spiro atoms. The van der Waals surface area contributed by atoms with Crippen LogP contribution in [-0.2, 0) is 25.7 Å². The third kappa shape index (κ3) is 4.43. The van der Waals surface area contributed by atoms with Crippen molar-refractivity contribution < 1.29 is 8.83 Å². The zero-order valence-electron chi connectivity index (χ0n) is 25.9. The Balaban J connectivity index is 1.59. The van der Waals surface area contributed by atoms with Gasteiger partial charge in [-0.05, 0) is 123 Å². The highest BCUT2D eigenvalue weighted by molar-refractivity contribution is 6.08. The van der Waals surface area contributed by atoms with Crippen molar-refractivity contribution in [2.24, 2.45) is 0 Å². The van der Waals surface area contributed by atoms with E-state index in [4.69, 9.17) is 8.83 Å². The van der Waals surface area contributed by atoms with Crippen LogP contribution in [0.15, 0.2) is 93.8 Å². The molecule has 0 fully saturated rings. The second kappa shape index (κ2) is 11.4. The summed E-state index contributed by atoms with van der Waals surface area (Å²) in [6.07, 6.45) is 8.64. The zero-order chi connectivity index (χ0) is 31.2. The smallest absolute Gasteiger partial charge is 0.191 e. The summed E-state index contributed by atoms with van der Waals surface area (Å²) < 4.78 is 13.8. The average molecular weight is 600 g/mol. The molecule has 0 radical (unpaired) electrons. The van der Waals surface area contributed by atoms with Crippen molar-refractivity contribution in [1.29, 1.82) is 10.5 Å². The van der Waals surface area contributed by atoms with Gasteiger partial charge in [0.05, 0.1) is 5.69 Å². The van der Waals surface area contributed by atoms with Crippen molar-refractivity contribution in [2.75, 3.05) is 4.90 Å². The van der Waals surface area contributed by atoms with E-state index in [1.54, 1.807) is 0 Å². The molecule has 8 rings (SSSR count). The van der Waals surface area contributed by atoms with Gasteiger partial charge in [0.2, 0.25) is 0 Å². The number of anilines is 3. The van der Waals surface area contributed by atoms with E-state index in [1.807, 2.05) is 72.5 Å². The predicted molar refractivity (Wildman–Crippen MR) is 183 cm³/mol. The molecular weight excluding hydrogens is 566 g/mol. The van der Waals surface area contributed by atoms with Gasteiger partial charge in [0, 0.05) is 22.1 Å². The van der Waals surface area contributed by atoms with Crippen LogP contribution in [0.1, 0.15) is 64.6 Å². The largest absolute Gasteiger partial charge is 0.451 e. The number of aryl methyl sites for hydroxylation is 4. The standard InChI is InChI=1S/C41H33N3O2/c1-26-33(24-42)40-41(34(25-43)39(26)44(29-14-4-2-5-15-29)30-16-6-3-7-17-30)46-36-23-21-28-13-9-11-19-32(28)38(36)37-31-18-10-8-12-27(31)20-22-35(37)45-40/h2-7,14-17,20-23H,8-13,18-19H2,1H3. The Labute approximate surface area is 268 Å². The molecule has 0 saturated carbocycles. The van der Waals surface area contributed by atoms with E-state index in [1.165, 1.54) is 35.1 Å². The summed E-state index contributed by atoms with van der Waals surface area (Å²) >= 11 is 0. The van der Waals surface area contributed by atoms with Crippen LogP contribution < -0.4 is 4.90 Å². The number of rotatable bonds is 3. The SMILES string of the molecule is Cc1c(N(c2ccccc2)c2ccccc2)c(C#N)c2oc3ccc4c(c3c3c5c(ccc3oc2c1C#N)CCCC5)CCCC4. The van der Waals surface area contributed by atoms with E-state index in [9.17, 15) is 10.5 Å². The molecule has 1 heterocycles. The highest BCUT2D eigenvalue weighted by atomic mass is 16.4. The fourth-order valence-corrected chi connectivity index (χ4v) is 7.64. The number of hydrogen-bond donors (Lipinski definition) is 0. The Morgan fingerprint density at radius 3 is 1.50 bits per heavy atom. The predicted octanol–water partition coefficient (Wildman–Crippen LogP) is 10.7. The van der Waals surface area contributed by atoms with Gasteiger partial charge >= 0.3 is 0 Å². The molecule has 46 heavy (non-hydrogen) atoms. The highest BCUT2D eigenvalue weighted by Gasteiger charge is 2.28. The first-order valence-corrected chi connectivity index (χ1v) is 16.2. The molecule has 2 aliphatic carbocycles. The van der Waals surface area contributed by atoms with Crippen molar-refractivity contribution in [2.45, 2.75) is 58.3 Å². The van der Waals surface area contributed by atoms with Crippen LogP contribution in [-0.4, -0.2) is 0 Å². The maximum absolute atomic E-state index is 11.0.